The first-order valence-corrected chi connectivity index (χ1v) is 6.68. The fourth-order valence-electron chi connectivity index (χ4n) is 2.25. The van der Waals surface area contributed by atoms with E-state index in [0.29, 0.717) is 5.92 Å². The van der Waals surface area contributed by atoms with Crippen LogP contribution < -0.4 is 5.73 Å². The first-order chi connectivity index (χ1) is 8.66. The molecule has 1 saturated heterocycles. The summed E-state index contributed by atoms with van der Waals surface area (Å²) < 4.78 is 16.9. The van der Waals surface area contributed by atoms with Crippen molar-refractivity contribution in [3.05, 3.63) is 23.7 Å². The van der Waals surface area contributed by atoms with Gasteiger partial charge >= 0.3 is 0 Å². The number of hydrogen-bond donors (Lipinski definition) is 1. The molecule has 1 aromatic rings. The van der Waals surface area contributed by atoms with Crippen molar-refractivity contribution >= 4 is 0 Å². The van der Waals surface area contributed by atoms with E-state index in [4.69, 9.17) is 19.6 Å². The Labute approximate surface area is 108 Å². The van der Waals surface area contributed by atoms with Gasteiger partial charge in [-0.05, 0) is 44.7 Å². The van der Waals surface area contributed by atoms with Crippen LogP contribution in [-0.4, -0.2) is 25.9 Å². The standard InChI is InChI=1S/C14H23NO3/c1-10-3-4-13(18-10)14(11(2)15)17-9-12-5-7-16-8-6-12/h3-4,11-12,14H,5-9,15H2,1-2H3. The summed E-state index contributed by atoms with van der Waals surface area (Å²) in [5, 5.41) is 0. The molecule has 0 spiro atoms. The molecule has 0 aliphatic carbocycles. The summed E-state index contributed by atoms with van der Waals surface area (Å²) in [4.78, 5) is 0. The number of rotatable bonds is 5. The molecule has 2 rings (SSSR count). The molecule has 0 aromatic carbocycles. The maximum absolute atomic E-state index is 5.98. The minimum Gasteiger partial charge on any atom is -0.464 e. The Bertz CT molecular complexity index is 356. The highest BCUT2D eigenvalue weighted by Gasteiger charge is 2.23. The monoisotopic (exact) mass is 253 g/mol. The van der Waals surface area contributed by atoms with E-state index in [1.807, 2.05) is 26.0 Å². The lowest BCUT2D eigenvalue weighted by molar-refractivity contribution is -0.0265. The smallest absolute Gasteiger partial charge is 0.134 e. The molecule has 1 aliphatic rings. The van der Waals surface area contributed by atoms with E-state index in [1.165, 1.54) is 0 Å². The highest BCUT2D eigenvalue weighted by Crippen LogP contribution is 2.25. The first kappa shape index (κ1) is 13.6. The van der Waals surface area contributed by atoms with Crippen LogP contribution in [0.25, 0.3) is 0 Å². The number of furan rings is 1. The van der Waals surface area contributed by atoms with Crippen LogP contribution >= 0.6 is 0 Å². The molecule has 2 unspecified atom stereocenters. The summed E-state index contributed by atoms with van der Waals surface area (Å²) in [6.07, 6.45) is 1.99. The largest absolute Gasteiger partial charge is 0.464 e. The fourth-order valence-corrected chi connectivity index (χ4v) is 2.25. The Kier molecular flexibility index (Phi) is 4.80. The van der Waals surface area contributed by atoms with Crippen LogP contribution in [0.1, 0.15) is 37.4 Å². The van der Waals surface area contributed by atoms with Crippen LogP contribution in [0.2, 0.25) is 0 Å². The molecule has 1 aliphatic heterocycles. The molecule has 0 bridgehead atoms. The average molecular weight is 253 g/mol. The van der Waals surface area contributed by atoms with Gasteiger partial charge in [-0.25, -0.2) is 0 Å². The van der Waals surface area contributed by atoms with Crippen molar-refractivity contribution in [2.45, 2.75) is 38.8 Å². The molecule has 0 saturated carbocycles. The van der Waals surface area contributed by atoms with Gasteiger partial charge in [0, 0.05) is 19.3 Å². The molecule has 102 valence electrons. The predicted octanol–water partition coefficient (Wildman–Crippen LogP) is 2.42. The molecule has 0 amide bonds. The zero-order valence-corrected chi connectivity index (χ0v) is 11.2. The average Bonchev–Trinajstić information content (AvgIpc) is 2.77. The third-order valence-corrected chi connectivity index (χ3v) is 3.37. The number of ether oxygens (including phenoxy) is 2. The van der Waals surface area contributed by atoms with Crippen molar-refractivity contribution in [1.29, 1.82) is 0 Å². The van der Waals surface area contributed by atoms with Crippen molar-refractivity contribution in [3.8, 4) is 0 Å². The Morgan fingerprint density at radius 2 is 2.11 bits per heavy atom. The van der Waals surface area contributed by atoms with Gasteiger partial charge in [0.25, 0.3) is 0 Å². The lowest BCUT2D eigenvalue weighted by atomic mass is 10.0. The molecule has 0 radical (unpaired) electrons. The topological polar surface area (TPSA) is 57.6 Å². The van der Waals surface area contributed by atoms with Crippen molar-refractivity contribution in [3.63, 3.8) is 0 Å². The van der Waals surface area contributed by atoms with Crippen molar-refractivity contribution in [2.24, 2.45) is 11.7 Å². The second-order valence-corrected chi connectivity index (χ2v) is 5.12. The highest BCUT2D eigenvalue weighted by atomic mass is 16.5. The minimum atomic E-state index is -0.151. The van der Waals surface area contributed by atoms with Crippen LogP contribution in [0.3, 0.4) is 0 Å². The van der Waals surface area contributed by atoms with E-state index in [9.17, 15) is 0 Å². The Hall–Kier alpha value is -0.840. The second-order valence-electron chi connectivity index (χ2n) is 5.12. The van der Waals surface area contributed by atoms with E-state index >= 15 is 0 Å². The lowest BCUT2D eigenvalue weighted by Gasteiger charge is -2.25. The van der Waals surface area contributed by atoms with Crippen molar-refractivity contribution < 1.29 is 13.9 Å². The molecule has 2 atom stereocenters. The predicted molar refractivity (Wildman–Crippen MR) is 69.3 cm³/mol. The quantitative estimate of drug-likeness (QED) is 0.875. The molecular formula is C14H23NO3. The Balaban J connectivity index is 1.90. The maximum atomic E-state index is 5.98. The molecule has 18 heavy (non-hydrogen) atoms. The second kappa shape index (κ2) is 6.36. The van der Waals surface area contributed by atoms with Gasteiger partial charge in [-0.3, -0.25) is 0 Å². The van der Waals surface area contributed by atoms with Crippen LogP contribution in [0.5, 0.6) is 0 Å². The third-order valence-electron chi connectivity index (χ3n) is 3.37. The van der Waals surface area contributed by atoms with Gasteiger partial charge in [0.15, 0.2) is 0 Å². The van der Waals surface area contributed by atoms with Gasteiger partial charge in [0.2, 0.25) is 0 Å². The lowest BCUT2D eigenvalue weighted by Crippen LogP contribution is -2.29. The Morgan fingerprint density at radius 1 is 1.39 bits per heavy atom. The fraction of sp³-hybridized carbons (Fsp3) is 0.714. The molecule has 1 aromatic heterocycles. The Morgan fingerprint density at radius 3 is 2.67 bits per heavy atom. The van der Waals surface area contributed by atoms with Crippen molar-refractivity contribution in [2.75, 3.05) is 19.8 Å². The number of hydrogen-bond acceptors (Lipinski definition) is 4. The normalized spacial score (nSPS) is 20.8. The van der Waals surface area contributed by atoms with E-state index in [1.54, 1.807) is 0 Å². The van der Waals surface area contributed by atoms with Crippen LogP contribution in [0.4, 0.5) is 0 Å². The van der Waals surface area contributed by atoms with Crippen LogP contribution in [0, 0.1) is 12.8 Å². The molecular weight excluding hydrogens is 230 g/mol. The molecule has 2 heterocycles. The first-order valence-electron chi connectivity index (χ1n) is 6.68. The SMILES string of the molecule is Cc1ccc(C(OCC2CCOCC2)C(C)N)o1. The van der Waals surface area contributed by atoms with Crippen molar-refractivity contribution in [1.82, 2.24) is 0 Å². The highest BCUT2D eigenvalue weighted by molar-refractivity contribution is 5.09. The van der Waals surface area contributed by atoms with Crippen LogP contribution in [-0.2, 0) is 9.47 Å². The third kappa shape index (κ3) is 3.57. The van der Waals surface area contributed by atoms with E-state index in [2.05, 4.69) is 0 Å². The minimum absolute atomic E-state index is 0.0737. The molecule has 4 nitrogen and oxygen atoms in total. The van der Waals surface area contributed by atoms with E-state index < -0.39 is 0 Å². The summed E-state index contributed by atoms with van der Waals surface area (Å²) in [6.45, 7) is 6.30. The van der Waals surface area contributed by atoms with Gasteiger partial charge in [-0.2, -0.15) is 0 Å². The summed E-state index contributed by atoms with van der Waals surface area (Å²) in [7, 11) is 0. The van der Waals surface area contributed by atoms with E-state index in [-0.39, 0.29) is 12.1 Å². The summed E-state index contributed by atoms with van der Waals surface area (Å²) >= 11 is 0. The van der Waals surface area contributed by atoms with Crippen LogP contribution in [0.15, 0.2) is 16.5 Å². The van der Waals surface area contributed by atoms with Gasteiger partial charge < -0.3 is 19.6 Å². The van der Waals surface area contributed by atoms with Gasteiger partial charge in [-0.1, -0.05) is 0 Å². The van der Waals surface area contributed by atoms with Gasteiger partial charge in [-0.15, -0.1) is 0 Å². The number of aryl methyl sites for hydroxylation is 1. The van der Waals surface area contributed by atoms with Gasteiger partial charge in [0.05, 0.1) is 6.61 Å². The molecule has 2 N–H and O–H groups in total. The van der Waals surface area contributed by atoms with E-state index in [0.717, 1.165) is 44.2 Å². The maximum Gasteiger partial charge on any atom is 0.134 e. The zero-order chi connectivity index (χ0) is 13.0. The zero-order valence-electron chi connectivity index (χ0n) is 11.2. The number of nitrogens with two attached hydrogens (primary N) is 1. The molecule has 4 heteroatoms. The summed E-state index contributed by atoms with van der Waals surface area (Å²) in [5.41, 5.74) is 5.98. The summed E-state index contributed by atoms with van der Waals surface area (Å²) in [6, 6.07) is 3.82. The molecule has 1 fully saturated rings. The van der Waals surface area contributed by atoms with Gasteiger partial charge in [0.1, 0.15) is 17.6 Å². The summed E-state index contributed by atoms with van der Waals surface area (Å²) in [5.74, 6) is 2.30.